The molecular formula is C15H23NOS. The molecule has 1 saturated carbocycles. The summed E-state index contributed by atoms with van der Waals surface area (Å²) in [4.78, 5) is 0. The van der Waals surface area contributed by atoms with E-state index in [0.29, 0.717) is 12.5 Å². The van der Waals surface area contributed by atoms with Gasteiger partial charge in [-0.15, -0.1) is 0 Å². The van der Waals surface area contributed by atoms with Gasteiger partial charge in [0.2, 0.25) is 0 Å². The molecule has 0 aliphatic heterocycles. The van der Waals surface area contributed by atoms with Crippen LogP contribution in [0.3, 0.4) is 0 Å². The van der Waals surface area contributed by atoms with E-state index in [4.69, 9.17) is 5.73 Å². The van der Waals surface area contributed by atoms with Crippen LogP contribution in [0, 0.1) is 5.92 Å². The van der Waals surface area contributed by atoms with Crippen molar-refractivity contribution >= 4 is 10.8 Å². The van der Waals surface area contributed by atoms with Gasteiger partial charge in [-0.05, 0) is 37.3 Å². The molecule has 1 fully saturated rings. The van der Waals surface area contributed by atoms with E-state index < -0.39 is 10.8 Å². The molecule has 0 radical (unpaired) electrons. The van der Waals surface area contributed by atoms with Crippen LogP contribution >= 0.6 is 0 Å². The Hall–Kier alpha value is -0.670. The van der Waals surface area contributed by atoms with Gasteiger partial charge in [-0.25, -0.2) is 0 Å². The van der Waals surface area contributed by atoms with Crippen LogP contribution in [-0.2, 0) is 10.8 Å². The number of nitrogens with two attached hydrogens (primary N) is 1. The zero-order valence-corrected chi connectivity index (χ0v) is 11.7. The number of hydrogen-bond acceptors (Lipinski definition) is 2. The van der Waals surface area contributed by atoms with E-state index in [2.05, 4.69) is 12.1 Å². The van der Waals surface area contributed by atoms with Crippen molar-refractivity contribution in [1.82, 2.24) is 0 Å². The smallest absolute Gasteiger partial charge is 0.0609 e. The first-order valence-electron chi connectivity index (χ1n) is 6.93. The van der Waals surface area contributed by atoms with Crippen LogP contribution in [0.25, 0.3) is 0 Å². The zero-order valence-electron chi connectivity index (χ0n) is 10.9. The van der Waals surface area contributed by atoms with Gasteiger partial charge in [-0.1, -0.05) is 43.2 Å². The second kappa shape index (κ2) is 7.05. The second-order valence-corrected chi connectivity index (χ2v) is 6.84. The monoisotopic (exact) mass is 265 g/mol. The molecule has 2 N–H and O–H groups in total. The molecule has 0 bridgehead atoms. The maximum absolute atomic E-state index is 12.5. The highest BCUT2D eigenvalue weighted by Gasteiger charge is 2.23. The topological polar surface area (TPSA) is 43.1 Å². The molecule has 1 aromatic carbocycles. The van der Waals surface area contributed by atoms with Gasteiger partial charge in [-0.3, -0.25) is 4.21 Å². The summed E-state index contributed by atoms with van der Waals surface area (Å²) in [5, 5.41) is 0.122. The molecule has 1 aromatic rings. The van der Waals surface area contributed by atoms with Crippen molar-refractivity contribution in [3.8, 4) is 0 Å². The Morgan fingerprint density at radius 3 is 2.50 bits per heavy atom. The molecule has 18 heavy (non-hydrogen) atoms. The van der Waals surface area contributed by atoms with Gasteiger partial charge >= 0.3 is 0 Å². The Kier molecular flexibility index (Phi) is 5.39. The van der Waals surface area contributed by atoms with Crippen molar-refractivity contribution < 1.29 is 4.21 Å². The Balaban J connectivity index is 2.02. The molecule has 2 nitrogen and oxygen atoms in total. The van der Waals surface area contributed by atoms with Gasteiger partial charge in [0.25, 0.3) is 0 Å². The summed E-state index contributed by atoms with van der Waals surface area (Å²) in [6.45, 7) is 0.607. The van der Waals surface area contributed by atoms with Crippen LogP contribution in [0.2, 0.25) is 0 Å². The largest absolute Gasteiger partial charge is 0.330 e. The molecule has 1 aliphatic carbocycles. The molecule has 0 saturated heterocycles. The lowest BCUT2D eigenvalue weighted by molar-refractivity contribution is 0.597. The minimum atomic E-state index is -0.779. The maximum Gasteiger partial charge on any atom is 0.0609 e. The molecule has 3 heteroatoms. The molecule has 2 unspecified atom stereocenters. The third kappa shape index (κ3) is 3.66. The van der Waals surface area contributed by atoms with Crippen molar-refractivity contribution in [2.24, 2.45) is 11.7 Å². The highest BCUT2D eigenvalue weighted by molar-refractivity contribution is 7.85. The van der Waals surface area contributed by atoms with Crippen molar-refractivity contribution in [2.45, 2.75) is 37.4 Å². The van der Waals surface area contributed by atoms with Crippen LogP contribution in [-0.4, -0.2) is 16.5 Å². The summed E-state index contributed by atoms with van der Waals surface area (Å²) in [6, 6.07) is 10.2. The van der Waals surface area contributed by atoms with Crippen molar-refractivity contribution in [1.29, 1.82) is 0 Å². The molecule has 1 aliphatic rings. The quantitative estimate of drug-likeness (QED) is 0.859. The number of hydrogen-bond donors (Lipinski definition) is 1. The first kappa shape index (κ1) is 13.8. The first-order valence-corrected chi connectivity index (χ1v) is 8.31. The van der Waals surface area contributed by atoms with Gasteiger partial charge in [0, 0.05) is 16.6 Å². The van der Waals surface area contributed by atoms with E-state index in [1.807, 2.05) is 18.2 Å². The second-order valence-electron chi connectivity index (χ2n) is 5.17. The summed E-state index contributed by atoms with van der Waals surface area (Å²) >= 11 is 0. The lowest BCUT2D eigenvalue weighted by Crippen LogP contribution is -2.18. The Morgan fingerprint density at radius 2 is 1.89 bits per heavy atom. The van der Waals surface area contributed by atoms with E-state index in [0.717, 1.165) is 12.2 Å². The Morgan fingerprint density at radius 1 is 1.22 bits per heavy atom. The Bertz CT molecular complexity index is 373. The van der Waals surface area contributed by atoms with Gasteiger partial charge in [-0.2, -0.15) is 0 Å². The van der Waals surface area contributed by atoms with Crippen molar-refractivity contribution in [2.75, 3.05) is 12.3 Å². The SMILES string of the molecule is NCCC(c1ccccc1)S(=O)CC1CCCC1. The fraction of sp³-hybridized carbons (Fsp3) is 0.600. The van der Waals surface area contributed by atoms with Gasteiger partial charge in [0.1, 0.15) is 0 Å². The summed E-state index contributed by atoms with van der Waals surface area (Å²) < 4.78 is 12.5. The molecule has 2 rings (SSSR count). The third-order valence-corrected chi connectivity index (χ3v) is 5.73. The van der Waals surface area contributed by atoms with Gasteiger partial charge in [0.15, 0.2) is 0 Å². The zero-order chi connectivity index (χ0) is 12.8. The number of rotatable bonds is 6. The first-order chi connectivity index (χ1) is 8.81. The minimum absolute atomic E-state index is 0.122. The van der Waals surface area contributed by atoms with Crippen LogP contribution < -0.4 is 5.73 Å². The highest BCUT2D eigenvalue weighted by atomic mass is 32.2. The summed E-state index contributed by atoms with van der Waals surface area (Å²) in [7, 11) is -0.779. The molecule has 100 valence electrons. The maximum atomic E-state index is 12.5. The molecule has 2 atom stereocenters. The molecule has 0 spiro atoms. The summed E-state index contributed by atoms with van der Waals surface area (Å²) in [6.07, 6.45) is 5.97. The average molecular weight is 265 g/mol. The normalized spacial score (nSPS) is 19.8. The highest BCUT2D eigenvalue weighted by Crippen LogP contribution is 2.30. The van der Waals surface area contributed by atoms with Crippen LogP contribution in [0.15, 0.2) is 30.3 Å². The number of benzene rings is 1. The fourth-order valence-corrected chi connectivity index (χ4v) is 4.68. The van der Waals surface area contributed by atoms with Crippen molar-refractivity contribution in [3.05, 3.63) is 35.9 Å². The van der Waals surface area contributed by atoms with Crippen molar-refractivity contribution in [3.63, 3.8) is 0 Å². The van der Waals surface area contributed by atoms with E-state index in [-0.39, 0.29) is 5.25 Å². The van der Waals surface area contributed by atoms with Crippen LogP contribution in [0.1, 0.15) is 42.9 Å². The summed E-state index contributed by atoms with van der Waals surface area (Å²) in [5.74, 6) is 1.54. The average Bonchev–Trinajstić information content (AvgIpc) is 2.89. The van der Waals surface area contributed by atoms with Gasteiger partial charge < -0.3 is 5.73 Å². The van der Waals surface area contributed by atoms with E-state index >= 15 is 0 Å². The Labute approximate surface area is 112 Å². The van der Waals surface area contributed by atoms with E-state index in [1.165, 1.54) is 31.2 Å². The molecule has 0 aromatic heterocycles. The van der Waals surface area contributed by atoms with E-state index in [9.17, 15) is 4.21 Å². The third-order valence-electron chi connectivity index (χ3n) is 3.79. The summed E-state index contributed by atoms with van der Waals surface area (Å²) in [5.41, 5.74) is 6.86. The minimum Gasteiger partial charge on any atom is -0.330 e. The predicted octanol–water partition coefficient (Wildman–Crippen LogP) is 3.02. The van der Waals surface area contributed by atoms with Crippen LogP contribution in [0.5, 0.6) is 0 Å². The standard InChI is InChI=1S/C15H23NOS/c16-11-10-15(14-8-2-1-3-9-14)18(17)12-13-6-4-5-7-13/h1-3,8-9,13,15H,4-7,10-12,16H2. The molecular weight excluding hydrogens is 242 g/mol. The van der Waals surface area contributed by atoms with Gasteiger partial charge in [0.05, 0.1) is 5.25 Å². The lowest BCUT2D eigenvalue weighted by atomic mass is 10.1. The predicted molar refractivity (Wildman–Crippen MR) is 77.8 cm³/mol. The molecule has 0 amide bonds. The lowest BCUT2D eigenvalue weighted by Gasteiger charge is -2.18. The van der Waals surface area contributed by atoms with Crippen LogP contribution in [0.4, 0.5) is 0 Å². The fourth-order valence-electron chi connectivity index (χ4n) is 2.79. The molecule has 0 heterocycles. The van der Waals surface area contributed by atoms with E-state index in [1.54, 1.807) is 0 Å².